The van der Waals surface area contributed by atoms with Crippen LogP contribution in [-0.2, 0) is 4.74 Å². The number of allylic oxidation sites excluding steroid dienone is 2. The summed E-state index contributed by atoms with van der Waals surface area (Å²) in [6, 6.07) is 27.7. The minimum atomic E-state index is 0.0200. The van der Waals surface area contributed by atoms with Crippen LogP contribution in [0.3, 0.4) is 0 Å². The van der Waals surface area contributed by atoms with Gasteiger partial charge in [0.25, 0.3) is 0 Å². The maximum absolute atomic E-state index is 8.86. The summed E-state index contributed by atoms with van der Waals surface area (Å²) >= 11 is 0. The SMILES string of the molecule is CC/C(=C(/c1ccc(/C=C/C#N)cc1)c1ccc2c(cnn2C2CCCCO2)c1)c1ccccc1. The molecule has 1 aliphatic rings. The molecule has 0 bridgehead atoms. The third-order valence-electron chi connectivity index (χ3n) is 6.64. The van der Waals surface area contributed by atoms with E-state index in [9.17, 15) is 0 Å². The number of hydrogen-bond acceptors (Lipinski definition) is 3. The van der Waals surface area contributed by atoms with Gasteiger partial charge < -0.3 is 4.74 Å². The molecule has 4 aromatic rings. The first-order valence-electron chi connectivity index (χ1n) is 12.3. The summed E-state index contributed by atoms with van der Waals surface area (Å²) in [4.78, 5) is 0. The molecule has 2 heterocycles. The maximum Gasteiger partial charge on any atom is 0.150 e. The van der Waals surface area contributed by atoms with Gasteiger partial charge in [0, 0.05) is 18.1 Å². The lowest BCUT2D eigenvalue weighted by molar-refractivity contribution is -0.0366. The normalized spacial score (nSPS) is 16.9. The lowest BCUT2D eigenvalue weighted by Crippen LogP contribution is -2.18. The maximum atomic E-state index is 8.86. The van der Waals surface area contributed by atoms with Gasteiger partial charge in [0.15, 0.2) is 6.23 Å². The zero-order valence-corrected chi connectivity index (χ0v) is 20.0. The van der Waals surface area contributed by atoms with Crippen LogP contribution in [0, 0.1) is 11.3 Å². The fourth-order valence-electron chi connectivity index (χ4n) is 4.93. The molecule has 174 valence electrons. The molecule has 0 aliphatic carbocycles. The van der Waals surface area contributed by atoms with Gasteiger partial charge in [-0.05, 0) is 77.3 Å². The van der Waals surface area contributed by atoms with E-state index in [1.54, 1.807) is 0 Å². The molecule has 1 fully saturated rings. The summed E-state index contributed by atoms with van der Waals surface area (Å²) in [6.45, 7) is 3.01. The fraction of sp³-hybridized carbons (Fsp3) is 0.226. The van der Waals surface area contributed by atoms with Gasteiger partial charge in [-0.3, -0.25) is 0 Å². The van der Waals surface area contributed by atoms with Gasteiger partial charge in [-0.2, -0.15) is 10.4 Å². The Balaban J connectivity index is 1.63. The molecule has 4 heteroatoms. The minimum Gasteiger partial charge on any atom is -0.356 e. The summed E-state index contributed by atoms with van der Waals surface area (Å²) in [5.41, 5.74) is 8.19. The van der Waals surface area contributed by atoms with Gasteiger partial charge >= 0.3 is 0 Å². The van der Waals surface area contributed by atoms with Crippen LogP contribution in [0.25, 0.3) is 28.1 Å². The highest BCUT2D eigenvalue weighted by Crippen LogP contribution is 2.36. The van der Waals surface area contributed by atoms with Crippen molar-refractivity contribution >= 4 is 28.1 Å². The summed E-state index contributed by atoms with van der Waals surface area (Å²) in [6.07, 6.45) is 9.52. The number of ether oxygens (including phenoxy) is 1. The highest BCUT2D eigenvalue weighted by atomic mass is 16.5. The first-order valence-corrected chi connectivity index (χ1v) is 12.3. The second-order valence-electron chi connectivity index (χ2n) is 8.84. The Kier molecular flexibility index (Phi) is 6.88. The van der Waals surface area contributed by atoms with Crippen molar-refractivity contribution in [2.45, 2.75) is 38.8 Å². The van der Waals surface area contributed by atoms with Crippen LogP contribution >= 0.6 is 0 Å². The molecular weight excluding hydrogens is 430 g/mol. The van der Waals surface area contributed by atoms with Gasteiger partial charge in [-0.25, -0.2) is 4.68 Å². The van der Waals surface area contributed by atoms with Crippen molar-refractivity contribution in [1.82, 2.24) is 9.78 Å². The summed E-state index contributed by atoms with van der Waals surface area (Å²) < 4.78 is 8.03. The molecule has 1 aliphatic heterocycles. The standard InChI is InChI=1S/C31H29N3O/c1-2-28(24-10-4-3-5-11-24)31(25-15-13-23(14-16-25)9-8-19-32)26-17-18-29-27(21-26)22-33-34(29)30-12-6-7-20-35-30/h3-5,8-11,13-18,21-22,30H,2,6-7,12,20H2,1H3/b9-8+,31-28+. The quantitative estimate of drug-likeness (QED) is 0.220. The first kappa shape index (κ1) is 22.8. The lowest BCUT2D eigenvalue weighted by Gasteiger charge is -2.23. The minimum absolute atomic E-state index is 0.0200. The van der Waals surface area contributed by atoms with E-state index in [0.29, 0.717) is 0 Å². The molecule has 1 unspecified atom stereocenters. The van der Waals surface area contributed by atoms with Gasteiger partial charge in [0.2, 0.25) is 0 Å². The largest absolute Gasteiger partial charge is 0.356 e. The van der Waals surface area contributed by atoms with E-state index in [0.717, 1.165) is 47.9 Å². The van der Waals surface area contributed by atoms with E-state index >= 15 is 0 Å². The van der Waals surface area contributed by atoms with Gasteiger partial charge in [0.05, 0.1) is 17.8 Å². The molecule has 0 N–H and O–H groups in total. The third-order valence-corrected chi connectivity index (χ3v) is 6.64. The molecule has 1 atom stereocenters. The van der Waals surface area contributed by atoms with E-state index in [1.165, 1.54) is 34.8 Å². The second-order valence-corrected chi connectivity index (χ2v) is 8.84. The Morgan fingerprint density at radius 3 is 2.54 bits per heavy atom. The number of fused-ring (bicyclic) bond motifs is 1. The molecule has 4 nitrogen and oxygen atoms in total. The van der Waals surface area contributed by atoms with Crippen LogP contribution in [0.4, 0.5) is 0 Å². The number of benzene rings is 3. The van der Waals surface area contributed by atoms with Gasteiger partial charge in [-0.15, -0.1) is 0 Å². The molecule has 1 aromatic heterocycles. The van der Waals surface area contributed by atoms with Crippen LogP contribution in [0.1, 0.15) is 61.1 Å². The van der Waals surface area contributed by atoms with Crippen LogP contribution in [-0.4, -0.2) is 16.4 Å². The van der Waals surface area contributed by atoms with Crippen molar-refractivity contribution in [2.75, 3.05) is 6.61 Å². The Hall–Kier alpha value is -3.94. The molecule has 1 saturated heterocycles. The highest BCUT2D eigenvalue weighted by Gasteiger charge is 2.20. The number of aromatic nitrogens is 2. The number of nitrogens with zero attached hydrogens (tertiary/aromatic N) is 3. The van der Waals surface area contributed by atoms with Crippen LogP contribution in [0.2, 0.25) is 0 Å². The van der Waals surface area contributed by atoms with Crippen molar-refractivity contribution in [3.63, 3.8) is 0 Å². The lowest BCUT2D eigenvalue weighted by atomic mass is 9.87. The van der Waals surface area contributed by atoms with Crippen LogP contribution < -0.4 is 0 Å². The van der Waals surface area contributed by atoms with E-state index in [2.05, 4.69) is 85.8 Å². The number of hydrogen-bond donors (Lipinski definition) is 0. The molecule has 5 rings (SSSR count). The first-order chi connectivity index (χ1) is 17.3. The smallest absolute Gasteiger partial charge is 0.150 e. The average molecular weight is 460 g/mol. The predicted molar refractivity (Wildman–Crippen MR) is 142 cm³/mol. The fourth-order valence-corrected chi connectivity index (χ4v) is 4.93. The average Bonchev–Trinajstić information content (AvgIpc) is 3.35. The zero-order valence-electron chi connectivity index (χ0n) is 20.0. The van der Waals surface area contributed by atoms with E-state index in [-0.39, 0.29) is 6.23 Å². The highest BCUT2D eigenvalue weighted by molar-refractivity contribution is 6.00. The van der Waals surface area contributed by atoms with Crippen molar-refractivity contribution < 1.29 is 4.74 Å². The Morgan fingerprint density at radius 1 is 1.03 bits per heavy atom. The topological polar surface area (TPSA) is 50.8 Å². The molecule has 0 saturated carbocycles. The van der Waals surface area contributed by atoms with Gasteiger partial charge in [-0.1, -0.05) is 67.6 Å². The molecule has 3 aromatic carbocycles. The predicted octanol–water partition coefficient (Wildman–Crippen LogP) is 7.64. The summed E-state index contributed by atoms with van der Waals surface area (Å²) in [5.74, 6) is 0. The Labute approximate surface area is 206 Å². The molecule has 35 heavy (non-hydrogen) atoms. The molecule has 0 radical (unpaired) electrons. The molecular formula is C31H29N3O. The Morgan fingerprint density at radius 2 is 1.83 bits per heavy atom. The molecule has 0 amide bonds. The molecule has 0 spiro atoms. The van der Waals surface area contributed by atoms with E-state index in [4.69, 9.17) is 15.1 Å². The van der Waals surface area contributed by atoms with E-state index < -0.39 is 0 Å². The van der Waals surface area contributed by atoms with E-state index in [1.807, 2.05) is 17.0 Å². The number of rotatable bonds is 6. The third kappa shape index (κ3) is 4.82. The zero-order chi connectivity index (χ0) is 24.0. The monoisotopic (exact) mass is 459 g/mol. The van der Waals surface area contributed by atoms with Crippen LogP contribution in [0.15, 0.2) is 85.1 Å². The summed E-state index contributed by atoms with van der Waals surface area (Å²) in [7, 11) is 0. The second kappa shape index (κ2) is 10.5. The van der Waals surface area contributed by atoms with Crippen molar-refractivity contribution in [3.8, 4) is 6.07 Å². The number of nitriles is 1. The van der Waals surface area contributed by atoms with Crippen molar-refractivity contribution in [2.24, 2.45) is 0 Å². The van der Waals surface area contributed by atoms with Gasteiger partial charge in [0.1, 0.15) is 0 Å². The van der Waals surface area contributed by atoms with Crippen molar-refractivity contribution in [3.05, 3.63) is 107 Å². The summed E-state index contributed by atoms with van der Waals surface area (Å²) in [5, 5.41) is 14.7. The van der Waals surface area contributed by atoms with Crippen molar-refractivity contribution in [1.29, 1.82) is 5.26 Å². The Bertz CT molecular complexity index is 1400. The van der Waals surface area contributed by atoms with Crippen LogP contribution in [0.5, 0.6) is 0 Å².